The predicted molar refractivity (Wildman–Crippen MR) is 124 cm³/mol. The summed E-state index contributed by atoms with van der Waals surface area (Å²) in [6.07, 6.45) is 3.67. The van der Waals surface area contributed by atoms with Gasteiger partial charge in [-0.15, -0.1) is 0 Å². The Balaban J connectivity index is 1.70. The zero-order chi connectivity index (χ0) is 22.5. The third-order valence-electron chi connectivity index (χ3n) is 5.81. The number of nitrogen functional groups attached to an aromatic ring is 1. The lowest BCUT2D eigenvalue weighted by Gasteiger charge is -2.29. The second-order valence-electron chi connectivity index (χ2n) is 7.82. The summed E-state index contributed by atoms with van der Waals surface area (Å²) in [5.41, 5.74) is 9.64. The number of nitrogens with zero attached hydrogens (tertiary/aromatic N) is 5. The van der Waals surface area contributed by atoms with Gasteiger partial charge < -0.3 is 10.6 Å². The summed E-state index contributed by atoms with van der Waals surface area (Å²) in [5, 5.41) is 5.38. The number of pyridine rings is 1. The number of para-hydroxylation sites is 1. The Morgan fingerprint density at radius 3 is 2.66 bits per heavy atom. The number of ketones is 1. The summed E-state index contributed by atoms with van der Waals surface area (Å²) in [6.45, 7) is 2.28. The van der Waals surface area contributed by atoms with Gasteiger partial charge in [0.2, 0.25) is 0 Å². The fourth-order valence-electron chi connectivity index (χ4n) is 4.02. The maximum Gasteiger partial charge on any atom is 0.170 e. The number of anilines is 2. The molecule has 0 atom stereocenters. The van der Waals surface area contributed by atoms with Crippen LogP contribution in [0.2, 0.25) is 0 Å². The number of aromatic nitrogens is 4. The Hall–Kier alpha value is -3.53. The van der Waals surface area contributed by atoms with Gasteiger partial charge in [-0.25, -0.2) is 13.4 Å². The van der Waals surface area contributed by atoms with E-state index in [9.17, 15) is 13.2 Å². The van der Waals surface area contributed by atoms with E-state index in [0.29, 0.717) is 11.5 Å². The van der Waals surface area contributed by atoms with Crippen molar-refractivity contribution in [3.05, 3.63) is 48.3 Å². The van der Waals surface area contributed by atoms with Crippen molar-refractivity contribution in [1.82, 2.24) is 19.6 Å². The molecule has 9 nitrogen and oxygen atoms in total. The zero-order valence-corrected chi connectivity index (χ0v) is 18.3. The van der Waals surface area contributed by atoms with E-state index in [1.807, 2.05) is 35.2 Å². The molecule has 4 heterocycles. The summed E-state index contributed by atoms with van der Waals surface area (Å²) in [6, 6.07) is 9.82. The first kappa shape index (κ1) is 20.4. The standard InChI is InChI=1S/C22H22N6O3S/c1-2-18(29)19-20(23)28-21(26-22(19)27-7-9-32(30,31)10-8-27)16(13-25-28)15-11-14-5-3-4-6-17(14)24-12-15/h3-6,11-13H,2,7-10,23H2,1H3. The molecule has 4 aromatic rings. The molecule has 3 aromatic heterocycles. The number of hydrogen-bond donors (Lipinski definition) is 1. The minimum absolute atomic E-state index is 0.0141. The van der Waals surface area contributed by atoms with Crippen LogP contribution < -0.4 is 10.6 Å². The molecular formula is C22H22N6O3S. The van der Waals surface area contributed by atoms with Crippen LogP contribution in [0.1, 0.15) is 23.7 Å². The van der Waals surface area contributed by atoms with Crippen molar-refractivity contribution in [2.24, 2.45) is 0 Å². The van der Waals surface area contributed by atoms with E-state index in [2.05, 4.69) is 10.1 Å². The molecule has 0 saturated carbocycles. The van der Waals surface area contributed by atoms with E-state index in [1.54, 1.807) is 19.3 Å². The normalized spacial score (nSPS) is 16.0. The van der Waals surface area contributed by atoms with Gasteiger partial charge in [-0.1, -0.05) is 25.1 Å². The number of hydrogen-bond acceptors (Lipinski definition) is 8. The van der Waals surface area contributed by atoms with E-state index >= 15 is 0 Å². The van der Waals surface area contributed by atoms with Gasteiger partial charge in [-0.05, 0) is 12.1 Å². The topological polar surface area (TPSA) is 124 Å². The molecule has 0 radical (unpaired) electrons. The first-order valence-electron chi connectivity index (χ1n) is 10.4. The van der Waals surface area contributed by atoms with Crippen LogP contribution in [0.3, 0.4) is 0 Å². The second-order valence-corrected chi connectivity index (χ2v) is 10.1. The Kier molecular flexibility index (Phi) is 4.81. The molecule has 0 aliphatic carbocycles. The number of carbonyl (C=O) groups excluding carboxylic acids is 1. The van der Waals surface area contributed by atoms with Crippen molar-refractivity contribution in [2.75, 3.05) is 35.2 Å². The largest absolute Gasteiger partial charge is 0.383 e. The maximum atomic E-state index is 12.8. The smallest absolute Gasteiger partial charge is 0.170 e. The van der Waals surface area contributed by atoms with Crippen molar-refractivity contribution in [3.8, 4) is 11.1 Å². The van der Waals surface area contributed by atoms with Crippen LogP contribution >= 0.6 is 0 Å². The molecule has 0 unspecified atom stereocenters. The first-order valence-corrected chi connectivity index (χ1v) is 12.2. The SMILES string of the molecule is CCC(=O)c1c(N2CCS(=O)(=O)CC2)nc2c(-c3cnc4ccccc4c3)cnn2c1N. The first-order chi connectivity index (χ1) is 15.4. The molecule has 1 fully saturated rings. The van der Waals surface area contributed by atoms with Crippen LogP contribution in [0, 0.1) is 0 Å². The molecule has 0 spiro atoms. The number of carbonyl (C=O) groups is 1. The quantitative estimate of drug-likeness (QED) is 0.470. The Bertz CT molecular complexity index is 1460. The van der Waals surface area contributed by atoms with E-state index in [0.717, 1.165) is 22.0 Å². The minimum Gasteiger partial charge on any atom is -0.383 e. The molecule has 32 heavy (non-hydrogen) atoms. The number of benzene rings is 1. The second kappa shape index (κ2) is 7.56. The molecule has 2 N–H and O–H groups in total. The highest BCUT2D eigenvalue weighted by Gasteiger charge is 2.29. The highest BCUT2D eigenvalue weighted by atomic mass is 32.2. The van der Waals surface area contributed by atoms with Gasteiger partial charge in [0.15, 0.2) is 21.3 Å². The molecule has 1 aliphatic rings. The van der Waals surface area contributed by atoms with Gasteiger partial charge in [0.25, 0.3) is 0 Å². The summed E-state index contributed by atoms with van der Waals surface area (Å²) in [7, 11) is -3.09. The van der Waals surface area contributed by atoms with E-state index < -0.39 is 9.84 Å². The van der Waals surface area contributed by atoms with Gasteiger partial charge in [-0.3, -0.25) is 9.78 Å². The molecule has 0 bridgehead atoms. The van der Waals surface area contributed by atoms with Crippen LogP contribution in [0.25, 0.3) is 27.7 Å². The van der Waals surface area contributed by atoms with E-state index in [1.165, 1.54) is 4.52 Å². The van der Waals surface area contributed by atoms with Gasteiger partial charge in [0.05, 0.1) is 23.2 Å². The van der Waals surface area contributed by atoms with Gasteiger partial charge in [0.1, 0.15) is 17.2 Å². The summed E-state index contributed by atoms with van der Waals surface area (Å²) < 4.78 is 25.3. The molecule has 5 rings (SSSR count). The van der Waals surface area contributed by atoms with Crippen molar-refractivity contribution >= 4 is 43.8 Å². The number of Topliss-reactive ketones (excluding diaryl/α,β-unsaturated/α-hetero) is 1. The van der Waals surface area contributed by atoms with Crippen molar-refractivity contribution in [3.63, 3.8) is 0 Å². The van der Waals surface area contributed by atoms with Crippen LogP contribution in [-0.2, 0) is 9.84 Å². The molecule has 0 amide bonds. The third-order valence-corrected chi connectivity index (χ3v) is 7.42. The number of fused-ring (bicyclic) bond motifs is 2. The molecule has 1 aliphatic heterocycles. The average Bonchev–Trinajstić information content (AvgIpc) is 3.22. The lowest BCUT2D eigenvalue weighted by atomic mass is 10.1. The molecular weight excluding hydrogens is 428 g/mol. The molecule has 164 valence electrons. The van der Waals surface area contributed by atoms with Gasteiger partial charge in [-0.2, -0.15) is 9.61 Å². The molecule has 1 aromatic carbocycles. The predicted octanol–water partition coefficient (Wildman–Crippen LogP) is 2.35. The van der Waals surface area contributed by atoms with Crippen molar-refractivity contribution in [2.45, 2.75) is 13.3 Å². The monoisotopic (exact) mass is 450 g/mol. The van der Waals surface area contributed by atoms with Crippen LogP contribution in [-0.4, -0.2) is 58.4 Å². The van der Waals surface area contributed by atoms with E-state index in [-0.39, 0.29) is 48.2 Å². The minimum atomic E-state index is -3.09. The lowest BCUT2D eigenvalue weighted by molar-refractivity contribution is 0.0988. The van der Waals surface area contributed by atoms with Crippen molar-refractivity contribution in [1.29, 1.82) is 0 Å². The fraction of sp³-hybridized carbons (Fsp3) is 0.273. The van der Waals surface area contributed by atoms with Gasteiger partial charge >= 0.3 is 0 Å². The zero-order valence-electron chi connectivity index (χ0n) is 17.5. The van der Waals surface area contributed by atoms with Gasteiger partial charge in [0, 0.05) is 42.2 Å². The van der Waals surface area contributed by atoms with Crippen LogP contribution in [0.4, 0.5) is 11.6 Å². The van der Waals surface area contributed by atoms with Crippen molar-refractivity contribution < 1.29 is 13.2 Å². The Labute approximate surface area is 184 Å². The molecule has 10 heteroatoms. The van der Waals surface area contributed by atoms with Crippen LogP contribution in [0.15, 0.2) is 42.7 Å². The highest BCUT2D eigenvalue weighted by molar-refractivity contribution is 7.91. The number of sulfone groups is 1. The average molecular weight is 451 g/mol. The Morgan fingerprint density at radius 2 is 1.91 bits per heavy atom. The summed E-state index contributed by atoms with van der Waals surface area (Å²) >= 11 is 0. The lowest BCUT2D eigenvalue weighted by Crippen LogP contribution is -2.41. The van der Waals surface area contributed by atoms with Crippen LogP contribution in [0.5, 0.6) is 0 Å². The summed E-state index contributed by atoms with van der Waals surface area (Å²) in [4.78, 5) is 23.9. The third kappa shape index (κ3) is 3.36. The summed E-state index contributed by atoms with van der Waals surface area (Å²) in [5.74, 6) is 0.475. The fourth-order valence-corrected chi connectivity index (χ4v) is 5.22. The van der Waals surface area contributed by atoms with E-state index in [4.69, 9.17) is 10.7 Å². The number of rotatable bonds is 4. The maximum absolute atomic E-state index is 12.8. The Morgan fingerprint density at radius 1 is 1.16 bits per heavy atom. The number of nitrogens with two attached hydrogens (primary N) is 1. The highest BCUT2D eigenvalue weighted by Crippen LogP contribution is 2.32. The molecule has 1 saturated heterocycles.